The van der Waals surface area contributed by atoms with E-state index < -0.39 is 0 Å². The van der Waals surface area contributed by atoms with E-state index in [-0.39, 0.29) is 0 Å². The minimum atomic E-state index is 0.757. The van der Waals surface area contributed by atoms with Crippen LogP contribution in [0.15, 0.2) is 133 Å². The zero-order valence-corrected chi connectivity index (χ0v) is 20.0. The molecule has 0 amide bonds. The van der Waals surface area contributed by atoms with Gasteiger partial charge in [-0.05, 0) is 24.3 Å². The Balaban J connectivity index is 1.45. The molecule has 4 aromatic carbocycles. The van der Waals surface area contributed by atoms with Crippen LogP contribution in [0.4, 0.5) is 0 Å². The van der Waals surface area contributed by atoms with Crippen molar-refractivity contribution in [3.8, 4) is 39.6 Å². The second-order valence-corrected chi connectivity index (χ2v) is 9.00. The second-order valence-electron chi connectivity index (χ2n) is 9.00. The molecule has 0 atom stereocenters. The lowest BCUT2D eigenvalue weighted by atomic mass is 10.1. The van der Waals surface area contributed by atoms with E-state index in [0.717, 1.165) is 61.4 Å². The van der Waals surface area contributed by atoms with Crippen molar-refractivity contribution in [2.45, 2.75) is 0 Å². The van der Waals surface area contributed by atoms with Crippen molar-refractivity contribution in [2.75, 3.05) is 0 Å². The molecule has 0 saturated heterocycles. The topological polar surface area (TPSA) is 43.6 Å². The van der Waals surface area contributed by atoms with Gasteiger partial charge in [-0.3, -0.25) is 0 Å². The summed E-state index contributed by atoms with van der Waals surface area (Å²) in [5.74, 6) is 0.757. The first-order valence-electron chi connectivity index (χ1n) is 12.3. The van der Waals surface area contributed by atoms with Gasteiger partial charge in [0.25, 0.3) is 0 Å². The minimum Gasteiger partial charge on any atom is -0.245 e. The SMILES string of the molecule is c1ccc(-c2ccc3ccc4ccc(-n5nc(-c6ccccc6)cc5-c5ccccc5)nc4c3n2)cc1. The molecule has 3 aromatic heterocycles. The maximum atomic E-state index is 5.14. The van der Waals surface area contributed by atoms with Crippen LogP contribution < -0.4 is 0 Å². The average molecular weight is 475 g/mol. The summed E-state index contributed by atoms with van der Waals surface area (Å²) in [4.78, 5) is 10.2. The summed E-state index contributed by atoms with van der Waals surface area (Å²) in [5, 5.41) is 7.12. The Morgan fingerprint density at radius 2 is 0.946 bits per heavy atom. The first-order chi connectivity index (χ1) is 18.3. The second kappa shape index (κ2) is 8.85. The molecule has 0 spiro atoms. The predicted octanol–water partition coefficient (Wildman–Crippen LogP) is 7.97. The summed E-state index contributed by atoms with van der Waals surface area (Å²) < 4.78 is 1.94. The first-order valence-corrected chi connectivity index (χ1v) is 12.3. The summed E-state index contributed by atoms with van der Waals surface area (Å²) in [7, 11) is 0. The molecule has 0 unspecified atom stereocenters. The fraction of sp³-hybridized carbons (Fsp3) is 0. The van der Waals surface area contributed by atoms with Crippen molar-refractivity contribution >= 4 is 21.8 Å². The van der Waals surface area contributed by atoms with Crippen molar-refractivity contribution in [1.82, 2.24) is 19.7 Å². The van der Waals surface area contributed by atoms with Gasteiger partial charge in [0.2, 0.25) is 0 Å². The molecule has 0 aliphatic heterocycles. The van der Waals surface area contributed by atoms with Gasteiger partial charge in [0.15, 0.2) is 5.82 Å². The zero-order valence-electron chi connectivity index (χ0n) is 20.0. The van der Waals surface area contributed by atoms with E-state index in [1.54, 1.807) is 0 Å². The number of benzene rings is 4. The van der Waals surface area contributed by atoms with Crippen molar-refractivity contribution in [3.05, 3.63) is 133 Å². The minimum absolute atomic E-state index is 0.757. The molecule has 7 aromatic rings. The van der Waals surface area contributed by atoms with Crippen molar-refractivity contribution in [1.29, 1.82) is 0 Å². The quantitative estimate of drug-likeness (QED) is 0.243. The van der Waals surface area contributed by atoms with E-state index in [1.165, 1.54) is 0 Å². The Morgan fingerprint density at radius 3 is 1.59 bits per heavy atom. The van der Waals surface area contributed by atoms with Crippen molar-refractivity contribution < 1.29 is 0 Å². The Bertz CT molecular complexity index is 1860. The van der Waals surface area contributed by atoms with Gasteiger partial charge in [0.1, 0.15) is 0 Å². The van der Waals surface area contributed by atoms with Gasteiger partial charge in [-0.25, -0.2) is 14.6 Å². The molecule has 0 bridgehead atoms. The average Bonchev–Trinajstić information content (AvgIpc) is 3.44. The fourth-order valence-corrected chi connectivity index (χ4v) is 4.77. The van der Waals surface area contributed by atoms with E-state index in [4.69, 9.17) is 15.1 Å². The standard InChI is InChI=1S/C33H22N4/c1-4-10-23(11-5-1)28-20-18-26-16-17-27-19-21-31(35-33(27)32(26)34-28)37-30(25-14-8-3-9-15-25)22-29(36-37)24-12-6-2-7-13-24/h1-22H. The first kappa shape index (κ1) is 21.2. The lowest BCUT2D eigenvalue weighted by Gasteiger charge is -2.10. The third kappa shape index (κ3) is 3.85. The molecule has 0 N–H and O–H groups in total. The summed E-state index contributed by atoms with van der Waals surface area (Å²) >= 11 is 0. The highest BCUT2D eigenvalue weighted by atomic mass is 15.3. The van der Waals surface area contributed by atoms with E-state index in [9.17, 15) is 0 Å². The molecule has 0 fully saturated rings. The predicted molar refractivity (Wildman–Crippen MR) is 150 cm³/mol. The molecular weight excluding hydrogens is 452 g/mol. The molecule has 0 radical (unpaired) electrons. The molecule has 4 nitrogen and oxygen atoms in total. The molecule has 0 aliphatic rings. The lowest BCUT2D eigenvalue weighted by molar-refractivity contribution is 0.864. The smallest absolute Gasteiger partial charge is 0.154 e. The summed E-state index contributed by atoms with van der Waals surface area (Å²) in [5.41, 5.74) is 7.82. The maximum Gasteiger partial charge on any atom is 0.154 e. The molecule has 7 rings (SSSR count). The zero-order chi connectivity index (χ0) is 24.6. The number of fused-ring (bicyclic) bond motifs is 3. The van der Waals surface area contributed by atoms with Gasteiger partial charge in [-0.2, -0.15) is 5.10 Å². The third-order valence-electron chi connectivity index (χ3n) is 6.64. The molecule has 4 heteroatoms. The lowest BCUT2D eigenvalue weighted by Crippen LogP contribution is -2.02. The van der Waals surface area contributed by atoms with Crippen LogP contribution in [0.25, 0.3) is 61.4 Å². The molecule has 3 heterocycles. The molecule has 0 saturated carbocycles. The Morgan fingerprint density at radius 1 is 0.432 bits per heavy atom. The Kier molecular flexibility index (Phi) is 5.07. The van der Waals surface area contributed by atoms with E-state index in [2.05, 4.69) is 72.8 Å². The fourth-order valence-electron chi connectivity index (χ4n) is 4.77. The number of rotatable bonds is 4. The number of nitrogens with zero attached hydrogens (tertiary/aromatic N) is 4. The maximum absolute atomic E-state index is 5.14. The molecule has 174 valence electrons. The van der Waals surface area contributed by atoms with Gasteiger partial charge in [0.05, 0.1) is 28.1 Å². The van der Waals surface area contributed by atoms with Crippen LogP contribution in [0, 0.1) is 0 Å². The largest absolute Gasteiger partial charge is 0.245 e. The van der Waals surface area contributed by atoms with Crippen molar-refractivity contribution in [3.63, 3.8) is 0 Å². The van der Waals surface area contributed by atoms with Gasteiger partial charge in [-0.1, -0.05) is 109 Å². The number of pyridine rings is 2. The molecular formula is C33H22N4. The van der Waals surface area contributed by atoms with Crippen LogP contribution >= 0.6 is 0 Å². The van der Waals surface area contributed by atoms with E-state index >= 15 is 0 Å². The van der Waals surface area contributed by atoms with Gasteiger partial charge in [0, 0.05) is 27.5 Å². The Hall–Kier alpha value is -5.09. The van der Waals surface area contributed by atoms with Gasteiger partial charge < -0.3 is 0 Å². The number of hydrogen-bond donors (Lipinski definition) is 0. The summed E-state index contributed by atoms with van der Waals surface area (Å²) in [6.07, 6.45) is 0. The van der Waals surface area contributed by atoms with Crippen LogP contribution in [-0.2, 0) is 0 Å². The van der Waals surface area contributed by atoms with Gasteiger partial charge >= 0.3 is 0 Å². The van der Waals surface area contributed by atoms with Crippen LogP contribution in [0.3, 0.4) is 0 Å². The van der Waals surface area contributed by atoms with Crippen LogP contribution in [0.2, 0.25) is 0 Å². The van der Waals surface area contributed by atoms with Crippen molar-refractivity contribution in [2.24, 2.45) is 0 Å². The summed E-state index contributed by atoms with van der Waals surface area (Å²) in [6.45, 7) is 0. The van der Waals surface area contributed by atoms with Crippen LogP contribution in [0.1, 0.15) is 0 Å². The molecule has 37 heavy (non-hydrogen) atoms. The highest BCUT2D eigenvalue weighted by Gasteiger charge is 2.15. The number of aromatic nitrogens is 4. The summed E-state index contributed by atoms with van der Waals surface area (Å²) in [6, 6.07) is 45.5. The van der Waals surface area contributed by atoms with Crippen LogP contribution in [0.5, 0.6) is 0 Å². The third-order valence-corrected chi connectivity index (χ3v) is 6.64. The Labute approximate surface area is 214 Å². The highest BCUT2D eigenvalue weighted by molar-refractivity contribution is 6.03. The molecule has 0 aliphatic carbocycles. The van der Waals surface area contributed by atoms with E-state index in [0.29, 0.717) is 0 Å². The normalized spacial score (nSPS) is 11.2. The van der Waals surface area contributed by atoms with Crippen LogP contribution in [-0.4, -0.2) is 19.7 Å². The van der Waals surface area contributed by atoms with E-state index in [1.807, 2.05) is 65.3 Å². The number of hydrogen-bond acceptors (Lipinski definition) is 3. The van der Waals surface area contributed by atoms with Gasteiger partial charge in [-0.15, -0.1) is 0 Å². The monoisotopic (exact) mass is 474 g/mol. The highest BCUT2D eigenvalue weighted by Crippen LogP contribution is 2.31.